The highest BCUT2D eigenvalue weighted by Gasteiger charge is 1.94. The zero-order chi connectivity index (χ0) is 8.10. The Bertz CT molecular complexity index is 205. The molecule has 0 aliphatic heterocycles. The van der Waals surface area contributed by atoms with E-state index in [1.165, 1.54) is 0 Å². The molecular weight excluding hydrogens is 138 g/mol. The Morgan fingerprint density at radius 2 is 2.36 bits per heavy atom. The predicted octanol–water partition coefficient (Wildman–Crippen LogP) is 1.01. The first-order valence-corrected chi connectivity index (χ1v) is 4.09. The molecule has 0 atom stereocenters. The maximum atomic E-state index is 4.32. The third-order valence-electron chi connectivity index (χ3n) is 1.58. The molecule has 0 saturated heterocycles. The van der Waals surface area contributed by atoms with Crippen LogP contribution in [0.4, 0.5) is 0 Å². The predicted molar refractivity (Wildman–Crippen MR) is 45.3 cm³/mol. The topological polar surface area (TPSA) is 29.9 Å². The van der Waals surface area contributed by atoms with Crippen LogP contribution in [-0.2, 0) is 13.1 Å². The molecule has 0 aromatic carbocycles. The summed E-state index contributed by atoms with van der Waals surface area (Å²) in [6.07, 6.45) is 2.01. The van der Waals surface area contributed by atoms with E-state index in [1.54, 1.807) is 0 Å². The second kappa shape index (κ2) is 4.13. The number of aromatic nitrogens is 2. The number of nitrogens with one attached hydrogen (secondary N) is 1. The lowest BCUT2D eigenvalue weighted by atomic mass is 10.4. The highest BCUT2D eigenvalue weighted by molar-refractivity contribution is 4.97. The summed E-state index contributed by atoms with van der Waals surface area (Å²) < 4.78 is 1.94. The molecule has 0 aliphatic carbocycles. The summed E-state index contributed by atoms with van der Waals surface area (Å²) >= 11 is 0. The van der Waals surface area contributed by atoms with Gasteiger partial charge in [0.15, 0.2) is 0 Å². The monoisotopic (exact) mass is 153 g/mol. The molecular formula is C8H15N3. The SMILES string of the molecule is CCNCc1ccn(CC)n1. The fourth-order valence-corrected chi connectivity index (χ4v) is 0.927. The number of aryl methyl sites for hydroxylation is 1. The van der Waals surface area contributed by atoms with E-state index < -0.39 is 0 Å². The third kappa shape index (κ3) is 2.35. The Labute approximate surface area is 67.4 Å². The average molecular weight is 153 g/mol. The molecule has 3 nitrogen and oxygen atoms in total. The van der Waals surface area contributed by atoms with Crippen LogP contribution in [0.1, 0.15) is 19.5 Å². The van der Waals surface area contributed by atoms with Crippen molar-refractivity contribution in [1.82, 2.24) is 15.1 Å². The van der Waals surface area contributed by atoms with Crippen LogP contribution < -0.4 is 5.32 Å². The van der Waals surface area contributed by atoms with Crippen molar-refractivity contribution in [2.45, 2.75) is 26.9 Å². The molecule has 0 saturated carbocycles. The number of nitrogens with zero attached hydrogens (tertiary/aromatic N) is 2. The normalized spacial score (nSPS) is 10.4. The summed E-state index contributed by atoms with van der Waals surface area (Å²) in [4.78, 5) is 0. The molecule has 1 aromatic heterocycles. The number of rotatable bonds is 4. The molecule has 62 valence electrons. The fraction of sp³-hybridized carbons (Fsp3) is 0.625. The lowest BCUT2D eigenvalue weighted by molar-refractivity contribution is 0.627. The van der Waals surface area contributed by atoms with Crippen LogP contribution in [0.25, 0.3) is 0 Å². The molecule has 0 spiro atoms. The van der Waals surface area contributed by atoms with Crippen LogP contribution in [0, 0.1) is 0 Å². The quantitative estimate of drug-likeness (QED) is 0.699. The Balaban J connectivity index is 2.44. The maximum absolute atomic E-state index is 4.32. The van der Waals surface area contributed by atoms with Crippen molar-refractivity contribution in [2.75, 3.05) is 6.54 Å². The molecule has 1 rings (SSSR count). The molecule has 0 fully saturated rings. The fourth-order valence-electron chi connectivity index (χ4n) is 0.927. The van der Waals surface area contributed by atoms with Crippen molar-refractivity contribution in [3.05, 3.63) is 18.0 Å². The standard InChI is InChI=1S/C8H15N3/c1-3-9-7-8-5-6-11(4-2)10-8/h5-6,9H,3-4,7H2,1-2H3. The van der Waals surface area contributed by atoms with Gasteiger partial charge in [-0.15, -0.1) is 0 Å². The molecule has 0 unspecified atom stereocenters. The van der Waals surface area contributed by atoms with Gasteiger partial charge in [-0.25, -0.2) is 0 Å². The molecule has 0 radical (unpaired) electrons. The minimum absolute atomic E-state index is 0.878. The van der Waals surface area contributed by atoms with Crippen molar-refractivity contribution in [1.29, 1.82) is 0 Å². The zero-order valence-corrected chi connectivity index (χ0v) is 7.17. The maximum Gasteiger partial charge on any atom is 0.0762 e. The van der Waals surface area contributed by atoms with Gasteiger partial charge in [-0.05, 0) is 19.5 Å². The second-order valence-electron chi connectivity index (χ2n) is 2.44. The van der Waals surface area contributed by atoms with Crippen LogP contribution in [-0.4, -0.2) is 16.3 Å². The van der Waals surface area contributed by atoms with Crippen LogP contribution >= 0.6 is 0 Å². The van der Waals surface area contributed by atoms with Crippen LogP contribution in [0.3, 0.4) is 0 Å². The van der Waals surface area contributed by atoms with Gasteiger partial charge in [-0.2, -0.15) is 5.10 Å². The molecule has 1 heterocycles. The first-order valence-electron chi connectivity index (χ1n) is 4.09. The van der Waals surface area contributed by atoms with Gasteiger partial charge in [0.2, 0.25) is 0 Å². The first-order chi connectivity index (χ1) is 5.36. The number of hydrogen-bond donors (Lipinski definition) is 1. The van der Waals surface area contributed by atoms with Gasteiger partial charge in [-0.3, -0.25) is 4.68 Å². The molecule has 0 aliphatic rings. The van der Waals surface area contributed by atoms with Crippen molar-refractivity contribution in [2.24, 2.45) is 0 Å². The van der Waals surface area contributed by atoms with Gasteiger partial charge in [0, 0.05) is 19.3 Å². The van der Waals surface area contributed by atoms with Gasteiger partial charge in [0.25, 0.3) is 0 Å². The summed E-state index contributed by atoms with van der Waals surface area (Å²) in [5.41, 5.74) is 1.12. The van der Waals surface area contributed by atoms with Crippen molar-refractivity contribution < 1.29 is 0 Å². The lowest BCUT2D eigenvalue weighted by Crippen LogP contribution is -2.12. The lowest BCUT2D eigenvalue weighted by Gasteiger charge is -1.96. The number of hydrogen-bond acceptors (Lipinski definition) is 2. The van der Waals surface area contributed by atoms with Crippen molar-refractivity contribution >= 4 is 0 Å². The van der Waals surface area contributed by atoms with E-state index in [1.807, 2.05) is 16.9 Å². The summed E-state index contributed by atoms with van der Waals surface area (Å²) in [6, 6.07) is 2.05. The van der Waals surface area contributed by atoms with E-state index in [4.69, 9.17) is 0 Å². The summed E-state index contributed by atoms with van der Waals surface area (Å²) in [7, 11) is 0. The average Bonchev–Trinajstić information content (AvgIpc) is 2.48. The molecule has 0 bridgehead atoms. The summed E-state index contributed by atoms with van der Waals surface area (Å²) in [5, 5.41) is 7.55. The largest absolute Gasteiger partial charge is 0.311 e. The van der Waals surface area contributed by atoms with E-state index in [-0.39, 0.29) is 0 Å². The highest BCUT2D eigenvalue weighted by Crippen LogP contribution is 1.93. The Morgan fingerprint density at radius 3 is 2.91 bits per heavy atom. The van der Waals surface area contributed by atoms with Gasteiger partial charge in [0.1, 0.15) is 0 Å². The Hall–Kier alpha value is -0.830. The third-order valence-corrected chi connectivity index (χ3v) is 1.58. The second-order valence-corrected chi connectivity index (χ2v) is 2.44. The molecule has 3 heteroatoms. The van der Waals surface area contributed by atoms with Crippen LogP contribution in [0.2, 0.25) is 0 Å². The minimum Gasteiger partial charge on any atom is -0.311 e. The first kappa shape index (κ1) is 8.27. The zero-order valence-electron chi connectivity index (χ0n) is 7.17. The van der Waals surface area contributed by atoms with Crippen molar-refractivity contribution in [3.8, 4) is 0 Å². The molecule has 11 heavy (non-hydrogen) atoms. The van der Waals surface area contributed by atoms with Crippen LogP contribution in [0.5, 0.6) is 0 Å². The Morgan fingerprint density at radius 1 is 1.55 bits per heavy atom. The van der Waals surface area contributed by atoms with Crippen LogP contribution in [0.15, 0.2) is 12.3 Å². The summed E-state index contributed by atoms with van der Waals surface area (Å²) in [5.74, 6) is 0. The molecule has 0 amide bonds. The highest BCUT2D eigenvalue weighted by atomic mass is 15.3. The molecule has 1 N–H and O–H groups in total. The summed E-state index contributed by atoms with van der Waals surface area (Å²) in [6.45, 7) is 7.01. The van der Waals surface area contributed by atoms with E-state index in [0.29, 0.717) is 0 Å². The van der Waals surface area contributed by atoms with E-state index >= 15 is 0 Å². The van der Waals surface area contributed by atoms with Gasteiger partial charge in [-0.1, -0.05) is 6.92 Å². The van der Waals surface area contributed by atoms with E-state index in [9.17, 15) is 0 Å². The smallest absolute Gasteiger partial charge is 0.0762 e. The van der Waals surface area contributed by atoms with E-state index in [0.717, 1.165) is 25.3 Å². The molecule has 1 aromatic rings. The van der Waals surface area contributed by atoms with Gasteiger partial charge >= 0.3 is 0 Å². The van der Waals surface area contributed by atoms with Crippen molar-refractivity contribution in [3.63, 3.8) is 0 Å². The van der Waals surface area contributed by atoms with E-state index in [2.05, 4.69) is 24.3 Å². The minimum atomic E-state index is 0.878. The Kier molecular flexibility index (Phi) is 3.11. The van der Waals surface area contributed by atoms with Gasteiger partial charge < -0.3 is 5.32 Å². The van der Waals surface area contributed by atoms with Gasteiger partial charge in [0.05, 0.1) is 5.69 Å².